The topological polar surface area (TPSA) is 26.3 Å². The summed E-state index contributed by atoms with van der Waals surface area (Å²) in [7, 11) is 0. The lowest BCUT2D eigenvalue weighted by Gasteiger charge is -2.36. The van der Waals surface area contributed by atoms with Gasteiger partial charge in [0.05, 0.1) is 0 Å². The fourth-order valence-corrected chi connectivity index (χ4v) is 2.42. The van der Waals surface area contributed by atoms with Crippen LogP contribution in [-0.2, 0) is 9.53 Å². The Hall–Kier alpha value is -0.970. The van der Waals surface area contributed by atoms with Crippen molar-refractivity contribution < 1.29 is 9.53 Å². The second-order valence-electron chi connectivity index (χ2n) is 4.91. The van der Waals surface area contributed by atoms with Crippen LogP contribution in [0.4, 0.5) is 0 Å². The number of hydrogen-bond donors (Lipinski definition) is 0. The largest absolute Gasteiger partial charge is 0.452 e. The summed E-state index contributed by atoms with van der Waals surface area (Å²) in [6.45, 7) is 6.56. The summed E-state index contributed by atoms with van der Waals surface area (Å²) in [5.74, 6) is 3.17. The lowest BCUT2D eigenvalue weighted by Crippen LogP contribution is -2.35. The minimum absolute atomic E-state index is 0.0253. The second-order valence-corrected chi connectivity index (χ2v) is 4.91. The Labute approximate surface area is 92.4 Å². The molecular weight excluding hydrogens is 188 g/mol. The van der Waals surface area contributed by atoms with Crippen LogP contribution in [0.1, 0.15) is 40.0 Å². The van der Waals surface area contributed by atoms with Gasteiger partial charge in [-0.05, 0) is 30.6 Å². The van der Waals surface area contributed by atoms with Crippen molar-refractivity contribution in [2.45, 2.75) is 46.1 Å². The SMILES string of the molecule is C#CC(=O)O[C@@H]1C[C@H](C)CC[C@H]1C(C)C. The Kier molecular flexibility index (Phi) is 4.20. The zero-order chi connectivity index (χ0) is 11.4. The molecule has 2 nitrogen and oxygen atoms in total. The average molecular weight is 208 g/mol. The first-order valence-electron chi connectivity index (χ1n) is 5.71. The van der Waals surface area contributed by atoms with E-state index in [-0.39, 0.29) is 6.10 Å². The maximum atomic E-state index is 11.1. The van der Waals surface area contributed by atoms with Gasteiger partial charge in [-0.1, -0.05) is 27.2 Å². The maximum absolute atomic E-state index is 11.1. The van der Waals surface area contributed by atoms with Gasteiger partial charge in [-0.3, -0.25) is 0 Å². The van der Waals surface area contributed by atoms with Crippen LogP contribution in [-0.4, -0.2) is 12.1 Å². The number of hydrogen-bond acceptors (Lipinski definition) is 2. The monoisotopic (exact) mass is 208 g/mol. The van der Waals surface area contributed by atoms with E-state index >= 15 is 0 Å². The van der Waals surface area contributed by atoms with Crippen molar-refractivity contribution in [2.75, 3.05) is 0 Å². The highest BCUT2D eigenvalue weighted by atomic mass is 16.5. The molecule has 0 aromatic heterocycles. The van der Waals surface area contributed by atoms with Crippen LogP contribution >= 0.6 is 0 Å². The van der Waals surface area contributed by atoms with Gasteiger partial charge in [-0.25, -0.2) is 4.79 Å². The molecule has 0 spiro atoms. The summed E-state index contributed by atoms with van der Waals surface area (Å²) < 4.78 is 5.31. The van der Waals surface area contributed by atoms with Gasteiger partial charge in [0.25, 0.3) is 0 Å². The van der Waals surface area contributed by atoms with Gasteiger partial charge < -0.3 is 4.74 Å². The fourth-order valence-electron chi connectivity index (χ4n) is 2.42. The lowest BCUT2D eigenvalue weighted by atomic mass is 9.75. The molecule has 0 saturated heterocycles. The van der Waals surface area contributed by atoms with Crippen molar-refractivity contribution >= 4 is 5.97 Å². The normalized spacial score (nSPS) is 31.0. The van der Waals surface area contributed by atoms with Crippen LogP contribution in [0.2, 0.25) is 0 Å². The van der Waals surface area contributed by atoms with E-state index in [0.29, 0.717) is 17.8 Å². The molecule has 1 fully saturated rings. The van der Waals surface area contributed by atoms with Crippen molar-refractivity contribution in [1.29, 1.82) is 0 Å². The molecular formula is C13H20O2. The molecule has 0 unspecified atom stereocenters. The Morgan fingerprint density at radius 2 is 2.13 bits per heavy atom. The first kappa shape index (κ1) is 12.1. The van der Waals surface area contributed by atoms with E-state index in [2.05, 4.69) is 20.8 Å². The molecule has 0 aliphatic heterocycles. The average Bonchev–Trinajstić information content (AvgIpc) is 2.17. The van der Waals surface area contributed by atoms with Crippen LogP contribution in [0.15, 0.2) is 0 Å². The summed E-state index contributed by atoms with van der Waals surface area (Å²) in [6.07, 6.45) is 8.37. The van der Waals surface area contributed by atoms with E-state index in [1.807, 2.05) is 5.92 Å². The van der Waals surface area contributed by atoms with E-state index in [9.17, 15) is 4.79 Å². The van der Waals surface area contributed by atoms with Crippen LogP contribution < -0.4 is 0 Å². The molecule has 0 radical (unpaired) electrons. The van der Waals surface area contributed by atoms with Gasteiger partial charge in [0.15, 0.2) is 0 Å². The molecule has 0 aromatic carbocycles. The highest BCUT2D eigenvalue weighted by Gasteiger charge is 2.32. The van der Waals surface area contributed by atoms with E-state index in [4.69, 9.17) is 11.2 Å². The first-order chi connectivity index (χ1) is 7.04. The van der Waals surface area contributed by atoms with Crippen LogP contribution in [0.25, 0.3) is 0 Å². The van der Waals surface area contributed by atoms with Crippen molar-refractivity contribution in [3.05, 3.63) is 0 Å². The predicted molar refractivity (Wildman–Crippen MR) is 60.1 cm³/mol. The third-order valence-corrected chi connectivity index (χ3v) is 3.34. The molecule has 1 rings (SSSR count). The fraction of sp³-hybridized carbons (Fsp3) is 0.769. The lowest BCUT2D eigenvalue weighted by molar-refractivity contribution is -0.148. The third-order valence-electron chi connectivity index (χ3n) is 3.34. The molecule has 15 heavy (non-hydrogen) atoms. The Bertz CT molecular complexity index is 262. The summed E-state index contributed by atoms with van der Waals surface area (Å²) in [4.78, 5) is 11.1. The summed E-state index contributed by atoms with van der Waals surface area (Å²) in [5.41, 5.74) is 0. The van der Waals surface area contributed by atoms with Gasteiger partial charge in [0.2, 0.25) is 0 Å². The number of carbonyl (C=O) groups is 1. The van der Waals surface area contributed by atoms with Gasteiger partial charge in [0.1, 0.15) is 6.10 Å². The number of rotatable bonds is 2. The molecule has 3 atom stereocenters. The van der Waals surface area contributed by atoms with E-state index in [0.717, 1.165) is 12.8 Å². The molecule has 0 heterocycles. The molecule has 0 aromatic rings. The number of esters is 1. The molecule has 1 aliphatic rings. The van der Waals surface area contributed by atoms with Gasteiger partial charge in [0, 0.05) is 5.92 Å². The van der Waals surface area contributed by atoms with Crippen molar-refractivity contribution in [1.82, 2.24) is 0 Å². The van der Waals surface area contributed by atoms with E-state index < -0.39 is 5.97 Å². The molecule has 1 saturated carbocycles. The molecule has 2 heteroatoms. The van der Waals surface area contributed by atoms with Crippen molar-refractivity contribution in [2.24, 2.45) is 17.8 Å². The minimum atomic E-state index is -0.514. The summed E-state index contributed by atoms with van der Waals surface area (Å²) >= 11 is 0. The molecule has 0 amide bonds. The highest BCUT2D eigenvalue weighted by Crippen LogP contribution is 2.35. The van der Waals surface area contributed by atoms with Gasteiger partial charge in [-0.2, -0.15) is 0 Å². The summed E-state index contributed by atoms with van der Waals surface area (Å²) in [6, 6.07) is 0. The van der Waals surface area contributed by atoms with Gasteiger partial charge >= 0.3 is 5.97 Å². The molecule has 0 N–H and O–H groups in total. The number of carbonyl (C=O) groups excluding carboxylic acids is 1. The Balaban J connectivity index is 2.62. The van der Waals surface area contributed by atoms with Crippen LogP contribution in [0.5, 0.6) is 0 Å². The third kappa shape index (κ3) is 3.27. The van der Waals surface area contributed by atoms with E-state index in [1.165, 1.54) is 6.42 Å². The Morgan fingerprint density at radius 1 is 1.47 bits per heavy atom. The zero-order valence-corrected chi connectivity index (χ0v) is 9.82. The number of ether oxygens (including phenoxy) is 1. The summed E-state index contributed by atoms with van der Waals surface area (Å²) in [5, 5.41) is 0. The predicted octanol–water partition coefficient (Wildman–Crippen LogP) is 2.62. The Morgan fingerprint density at radius 3 is 2.67 bits per heavy atom. The first-order valence-corrected chi connectivity index (χ1v) is 5.71. The molecule has 0 bridgehead atoms. The van der Waals surface area contributed by atoms with Crippen LogP contribution in [0, 0.1) is 30.1 Å². The smallest absolute Gasteiger partial charge is 0.384 e. The highest BCUT2D eigenvalue weighted by molar-refractivity contribution is 5.87. The van der Waals surface area contributed by atoms with E-state index in [1.54, 1.807) is 0 Å². The van der Waals surface area contributed by atoms with Crippen molar-refractivity contribution in [3.63, 3.8) is 0 Å². The quantitative estimate of drug-likeness (QED) is 0.396. The minimum Gasteiger partial charge on any atom is -0.452 e. The molecule has 1 aliphatic carbocycles. The molecule has 84 valence electrons. The second kappa shape index (κ2) is 5.21. The van der Waals surface area contributed by atoms with Gasteiger partial charge in [-0.15, -0.1) is 6.42 Å². The van der Waals surface area contributed by atoms with Crippen LogP contribution in [0.3, 0.4) is 0 Å². The maximum Gasteiger partial charge on any atom is 0.384 e. The number of terminal acetylenes is 1. The zero-order valence-electron chi connectivity index (χ0n) is 9.82. The van der Waals surface area contributed by atoms with Crippen molar-refractivity contribution in [3.8, 4) is 12.3 Å². The standard InChI is InChI=1S/C13H20O2/c1-5-13(14)15-12-8-10(4)6-7-11(12)9(2)3/h1,9-12H,6-8H2,2-4H3/t10-,11+,12-/m1/s1.